The van der Waals surface area contributed by atoms with Crippen molar-refractivity contribution in [3.8, 4) is 0 Å². The van der Waals surface area contributed by atoms with E-state index >= 15 is 0 Å². The molecule has 5 nitrogen and oxygen atoms in total. The van der Waals surface area contributed by atoms with Crippen molar-refractivity contribution in [2.24, 2.45) is 0 Å². The van der Waals surface area contributed by atoms with Crippen LogP contribution in [-0.4, -0.2) is 20.0 Å². The van der Waals surface area contributed by atoms with Gasteiger partial charge in [-0.2, -0.15) is 0 Å². The van der Waals surface area contributed by atoms with E-state index in [4.69, 9.17) is 4.52 Å². The Balaban J connectivity index is 4.42. The Kier molecular flexibility index (Phi) is 4.91. The van der Waals surface area contributed by atoms with Gasteiger partial charge in [0, 0.05) is 20.3 Å². The highest BCUT2D eigenvalue weighted by Gasteiger charge is 2.24. The van der Waals surface area contributed by atoms with Gasteiger partial charge in [-0.1, -0.05) is 0 Å². The number of hydrogen-bond donors (Lipinski definition) is 0. The molecular weight excluding hydrogens is 195 g/mol. The van der Waals surface area contributed by atoms with Gasteiger partial charge in [0.25, 0.3) is 0 Å². The fourth-order valence-electron chi connectivity index (χ4n) is 0.638. The fourth-order valence-corrected chi connectivity index (χ4v) is 1.34. The monoisotopic (exact) mass is 208 g/mol. The number of carbonyl (C=O) groups excluding carboxylic acids is 1. The van der Waals surface area contributed by atoms with Crippen LogP contribution in [0.25, 0.3) is 0 Å². The molecule has 0 aromatic heterocycles. The van der Waals surface area contributed by atoms with Crippen LogP contribution in [0.1, 0.15) is 13.8 Å². The summed E-state index contributed by atoms with van der Waals surface area (Å²) in [5.74, 6) is -0.00390. The maximum atomic E-state index is 11.3. The Bertz CT molecular complexity index is 250. The van der Waals surface area contributed by atoms with Crippen molar-refractivity contribution in [3.05, 3.63) is 11.8 Å². The number of ketones is 1. The smallest absolute Gasteiger partial charge is 0.409 e. The van der Waals surface area contributed by atoms with E-state index in [1.54, 1.807) is 0 Å². The van der Waals surface area contributed by atoms with Gasteiger partial charge >= 0.3 is 7.82 Å². The maximum absolute atomic E-state index is 11.3. The van der Waals surface area contributed by atoms with E-state index in [0.717, 1.165) is 0 Å². The van der Waals surface area contributed by atoms with Crippen molar-refractivity contribution >= 4 is 13.6 Å². The summed E-state index contributed by atoms with van der Waals surface area (Å²) in [7, 11) is -1.11. The standard InChI is InChI=1S/C7H13O5P/c1-6(8)5-7(2)12-13(9,10-3)11-4/h5H,1-4H3/b7-5+. The van der Waals surface area contributed by atoms with E-state index in [0.29, 0.717) is 0 Å². The molecule has 0 N–H and O–H groups in total. The molecular formula is C7H13O5P. The number of carbonyl (C=O) groups is 1. The Morgan fingerprint density at radius 3 is 2.00 bits per heavy atom. The van der Waals surface area contributed by atoms with E-state index in [2.05, 4.69) is 9.05 Å². The van der Waals surface area contributed by atoms with Gasteiger partial charge in [-0.3, -0.25) is 13.8 Å². The van der Waals surface area contributed by atoms with Crippen LogP contribution in [0.5, 0.6) is 0 Å². The lowest BCUT2D eigenvalue weighted by molar-refractivity contribution is -0.112. The summed E-state index contributed by atoms with van der Waals surface area (Å²) in [5, 5.41) is 0. The molecule has 0 aromatic carbocycles. The van der Waals surface area contributed by atoms with Gasteiger partial charge in [0.1, 0.15) is 5.76 Å². The lowest BCUT2D eigenvalue weighted by atomic mass is 10.4. The van der Waals surface area contributed by atoms with Gasteiger partial charge in [0.2, 0.25) is 0 Å². The highest BCUT2D eigenvalue weighted by Crippen LogP contribution is 2.49. The second kappa shape index (κ2) is 5.17. The number of allylic oxidation sites excluding steroid dienone is 2. The van der Waals surface area contributed by atoms with Gasteiger partial charge in [-0.25, -0.2) is 4.57 Å². The first-order valence-electron chi connectivity index (χ1n) is 3.53. The van der Waals surface area contributed by atoms with E-state index in [-0.39, 0.29) is 11.5 Å². The summed E-state index contributed by atoms with van der Waals surface area (Å²) in [4.78, 5) is 10.6. The molecule has 0 radical (unpaired) electrons. The van der Waals surface area contributed by atoms with Crippen molar-refractivity contribution < 1.29 is 22.9 Å². The zero-order valence-electron chi connectivity index (χ0n) is 8.07. The molecule has 0 aliphatic carbocycles. The average molecular weight is 208 g/mol. The molecule has 0 atom stereocenters. The van der Waals surface area contributed by atoms with Gasteiger partial charge in [-0.05, 0) is 13.8 Å². The van der Waals surface area contributed by atoms with Crippen molar-refractivity contribution in [2.75, 3.05) is 14.2 Å². The quantitative estimate of drug-likeness (QED) is 0.392. The van der Waals surface area contributed by atoms with E-state index in [1.807, 2.05) is 0 Å². The predicted molar refractivity (Wildman–Crippen MR) is 47.1 cm³/mol. The third-order valence-electron chi connectivity index (χ3n) is 1.11. The Morgan fingerprint density at radius 2 is 1.69 bits per heavy atom. The lowest BCUT2D eigenvalue weighted by Gasteiger charge is -2.13. The average Bonchev–Trinajstić information content (AvgIpc) is 2.02. The molecule has 0 fully saturated rings. The Morgan fingerprint density at radius 1 is 1.23 bits per heavy atom. The van der Waals surface area contributed by atoms with Crippen LogP contribution in [0.4, 0.5) is 0 Å². The Hall–Kier alpha value is -0.640. The molecule has 13 heavy (non-hydrogen) atoms. The highest BCUT2D eigenvalue weighted by molar-refractivity contribution is 7.48. The van der Waals surface area contributed by atoms with Crippen LogP contribution < -0.4 is 0 Å². The molecule has 0 spiro atoms. The van der Waals surface area contributed by atoms with Crippen molar-refractivity contribution in [3.63, 3.8) is 0 Å². The summed E-state index contributed by atoms with van der Waals surface area (Å²) in [5.41, 5.74) is 0. The van der Waals surface area contributed by atoms with Crippen LogP contribution in [0.2, 0.25) is 0 Å². The third-order valence-corrected chi connectivity index (χ3v) is 2.52. The summed E-state index contributed by atoms with van der Waals surface area (Å²) in [6.45, 7) is 2.85. The highest BCUT2D eigenvalue weighted by atomic mass is 31.2. The predicted octanol–water partition coefficient (Wildman–Crippen LogP) is 1.90. The molecule has 0 saturated heterocycles. The summed E-state index contributed by atoms with van der Waals surface area (Å²) < 4.78 is 25.1. The number of rotatable bonds is 5. The van der Waals surface area contributed by atoms with Gasteiger partial charge in [-0.15, -0.1) is 0 Å². The number of phosphoric ester groups is 1. The molecule has 6 heteroatoms. The zero-order valence-corrected chi connectivity index (χ0v) is 8.96. The third kappa shape index (κ3) is 4.83. The minimum Gasteiger partial charge on any atom is -0.409 e. The summed E-state index contributed by atoms with van der Waals surface area (Å²) >= 11 is 0. The molecule has 0 amide bonds. The van der Waals surface area contributed by atoms with Gasteiger partial charge in [0.15, 0.2) is 5.78 Å². The normalized spacial score (nSPS) is 12.8. The molecule has 0 aromatic rings. The van der Waals surface area contributed by atoms with Gasteiger partial charge in [0.05, 0.1) is 0 Å². The molecule has 0 unspecified atom stereocenters. The fraction of sp³-hybridized carbons (Fsp3) is 0.571. The second-order valence-corrected chi connectivity index (χ2v) is 4.08. The van der Waals surface area contributed by atoms with E-state index < -0.39 is 7.82 Å². The molecule has 76 valence electrons. The van der Waals surface area contributed by atoms with Crippen LogP contribution in [0, 0.1) is 0 Å². The largest absolute Gasteiger partial charge is 0.529 e. The SMILES string of the molecule is COP(=O)(OC)O/C(C)=C/C(C)=O. The molecule has 0 heterocycles. The van der Waals surface area contributed by atoms with Crippen molar-refractivity contribution in [2.45, 2.75) is 13.8 Å². The first-order chi connectivity index (χ1) is 5.93. The van der Waals surface area contributed by atoms with Crippen LogP contribution >= 0.6 is 7.82 Å². The van der Waals surface area contributed by atoms with E-state index in [9.17, 15) is 9.36 Å². The van der Waals surface area contributed by atoms with Crippen molar-refractivity contribution in [1.82, 2.24) is 0 Å². The number of hydrogen-bond acceptors (Lipinski definition) is 5. The molecule has 0 rings (SSSR count). The molecule has 0 saturated carbocycles. The molecule has 0 aliphatic rings. The van der Waals surface area contributed by atoms with Gasteiger partial charge < -0.3 is 4.52 Å². The minimum absolute atomic E-state index is 0.194. The minimum atomic E-state index is -3.51. The van der Waals surface area contributed by atoms with Crippen LogP contribution in [-0.2, 0) is 22.9 Å². The summed E-state index contributed by atoms with van der Waals surface area (Å²) in [6, 6.07) is 0. The van der Waals surface area contributed by atoms with E-state index in [1.165, 1.54) is 34.1 Å². The lowest BCUT2D eigenvalue weighted by Crippen LogP contribution is -1.95. The summed E-state index contributed by atoms with van der Waals surface area (Å²) in [6.07, 6.45) is 1.20. The van der Waals surface area contributed by atoms with Crippen LogP contribution in [0.3, 0.4) is 0 Å². The maximum Gasteiger partial charge on any atom is 0.529 e. The second-order valence-electron chi connectivity index (χ2n) is 2.27. The topological polar surface area (TPSA) is 61.8 Å². The van der Waals surface area contributed by atoms with Crippen molar-refractivity contribution in [1.29, 1.82) is 0 Å². The Labute approximate surface area is 77.3 Å². The van der Waals surface area contributed by atoms with Crippen LogP contribution in [0.15, 0.2) is 11.8 Å². The first kappa shape index (κ1) is 12.4. The molecule has 0 bridgehead atoms. The zero-order chi connectivity index (χ0) is 10.5. The first-order valence-corrected chi connectivity index (χ1v) is 4.99. The number of phosphoric acid groups is 1. The molecule has 0 aliphatic heterocycles.